The number of hydrogen-bond donors (Lipinski definition) is 0. The smallest absolute Gasteiger partial charge is 0.302 e. The zero-order chi connectivity index (χ0) is 14.1. The molecule has 0 aliphatic heterocycles. The van der Waals surface area contributed by atoms with Gasteiger partial charge in [0.15, 0.2) is 0 Å². The lowest BCUT2D eigenvalue weighted by Gasteiger charge is -2.07. The zero-order valence-corrected chi connectivity index (χ0v) is 11.9. The number of carbonyl (C=O) groups is 1. The molecule has 0 saturated carbocycles. The lowest BCUT2D eigenvalue weighted by Crippen LogP contribution is -2.08. The molecule has 102 valence electrons. The molecule has 0 amide bonds. The first kappa shape index (κ1) is 13.0. The van der Waals surface area contributed by atoms with Crippen LogP contribution in [-0.2, 0) is 16.1 Å². The molecule has 2 aromatic carbocycles. The SMILES string of the molecule is CC(=O)OCCn1c2ccccc2c2cc(Cl)ccc21. The first-order chi connectivity index (χ1) is 9.66. The molecule has 0 spiro atoms. The molecule has 0 N–H and O–H groups in total. The van der Waals surface area contributed by atoms with Crippen molar-refractivity contribution >= 4 is 39.4 Å². The van der Waals surface area contributed by atoms with Gasteiger partial charge >= 0.3 is 5.97 Å². The van der Waals surface area contributed by atoms with Crippen molar-refractivity contribution in [3.05, 3.63) is 47.5 Å². The Balaban J connectivity index is 2.14. The molecule has 0 saturated heterocycles. The Morgan fingerprint density at radius 2 is 1.90 bits per heavy atom. The first-order valence-corrected chi connectivity index (χ1v) is 6.84. The Morgan fingerprint density at radius 3 is 2.70 bits per heavy atom. The number of nitrogens with zero attached hydrogens (tertiary/aromatic N) is 1. The van der Waals surface area contributed by atoms with Crippen LogP contribution in [0.3, 0.4) is 0 Å². The van der Waals surface area contributed by atoms with Crippen molar-refractivity contribution in [1.82, 2.24) is 4.57 Å². The first-order valence-electron chi connectivity index (χ1n) is 6.46. The standard InChI is InChI=1S/C16H14ClNO2/c1-11(19)20-9-8-18-15-5-3-2-4-13(15)14-10-12(17)6-7-16(14)18/h2-7,10H,8-9H2,1H3. The lowest BCUT2D eigenvalue weighted by atomic mass is 10.2. The Labute approximate surface area is 121 Å². The quantitative estimate of drug-likeness (QED) is 0.682. The maximum absolute atomic E-state index is 10.9. The number of ether oxygens (including phenoxy) is 1. The normalized spacial score (nSPS) is 11.1. The summed E-state index contributed by atoms with van der Waals surface area (Å²) >= 11 is 6.10. The number of benzene rings is 2. The third-order valence-electron chi connectivity index (χ3n) is 3.35. The highest BCUT2D eigenvalue weighted by Gasteiger charge is 2.10. The lowest BCUT2D eigenvalue weighted by molar-refractivity contribution is -0.141. The minimum Gasteiger partial charge on any atom is -0.464 e. The molecule has 1 heterocycles. The number of carbonyl (C=O) groups excluding carboxylic acids is 1. The third kappa shape index (κ3) is 2.25. The van der Waals surface area contributed by atoms with E-state index in [-0.39, 0.29) is 5.97 Å². The van der Waals surface area contributed by atoms with Crippen LogP contribution in [0.15, 0.2) is 42.5 Å². The van der Waals surface area contributed by atoms with E-state index in [2.05, 4.69) is 16.7 Å². The second kappa shape index (κ2) is 5.17. The van der Waals surface area contributed by atoms with Gasteiger partial charge in [0.05, 0.1) is 6.54 Å². The summed E-state index contributed by atoms with van der Waals surface area (Å²) in [7, 11) is 0. The minimum absolute atomic E-state index is 0.256. The van der Waals surface area contributed by atoms with Crippen molar-refractivity contribution in [2.75, 3.05) is 6.61 Å². The number of halogens is 1. The second-order valence-corrected chi connectivity index (χ2v) is 5.11. The highest BCUT2D eigenvalue weighted by Crippen LogP contribution is 2.30. The largest absolute Gasteiger partial charge is 0.464 e. The van der Waals surface area contributed by atoms with E-state index in [0.717, 1.165) is 26.8 Å². The molecule has 0 fully saturated rings. The maximum Gasteiger partial charge on any atom is 0.302 e. The summed E-state index contributed by atoms with van der Waals surface area (Å²) in [4.78, 5) is 10.9. The van der Waals surface area contributed by atoms with Crippen LogP contribution >= 0.6 is 11.6 Å². The molecule has 20 heavy (non-hydrogen) atoms. The highest BCUT2D eigenvalue weighted by molar-refractivity contribution is 6.31. The zero-order valence-electron chi connectivity index (χ0n) is 11.1. The molecule has 0 radical (unpaired) electrons. The molecule has 3 nitrogen and oxygen atoms in total. The molecule has 0 bridgehead atoms. The van der Waals surface area contributed by atoms with Crippen molar-refractivity contribution in [1.29, 1.82) is 0 Å². The maximum atomic E-state index is 10.9. The average Bonchev–Trinajstić information content (AvgIpc) is 2.73. The van der Waals surface area contributed by atoms with Crippen LogP contribution in [0.2, 0.25) is 5.02 Å². The molecule has 3 aromatic rings. The van der Waals surface area contributed by atoms with Gasteiger partial charge in [-0.1, -0.05) is 29.8 Å². The van der Waals surface area contributed by atoms with Gasteiger partial charge in [0.25, 0.3) is 0 Å². The van der Waals surface area contributed by atoms with Gasteiger partial charge in [-0.2, -0.15) is 0 Å². The third-order valence-corrected chi connectivity index (χ3v) is 3.59. The Kier molecular flexibility index (Phi) is 3.36. The number of esters is 1. The monoisotopic (exact) mass is 287 g/mol. The Hall–Kier alpha value is -2.00. The summed E-state index contributed by atoms with van der Waals surface area (Å²) in [5.74, 6) is -0.256. The van der Waals surface area contributed by atoms with Gasteiger partial charge in [0.2, 0.25) is 0 Å². The number of hydrogen-bond acceptors (Lipinski definition) is 2. The summed E-state index contributed by atoms with van der Waals surface area (Å²) < 4.78 is 7.21. The number of aromatic nitrogens is 1. The summed E-state index contributed by atoms with van der Waals surface area (Å²) in [6.45, 7) is 2.42. The van der Waals surface area contributed by atoms with E-state index in [0.29, 0.717) is 13.2 Å². The number of fused-ring (bicyclic) bond motifs is 3. The predicted octanol–water partition coefficient (Wildman–Crippen LogP) is 4.01. The van der Waals surface area contributed by atoms with Crippen molar-refractivity contribution in [2.45, 2.75) is 13.5 Å². The van der Waals surface area contributed by atoms with E-state index in [1.807, 2.05) is 30.3 Å². The van der Waals surface area contributed by atoms with Crippen LogP contribution in [0.25, 0.3) is 21.8 Å². The van der Waals surface area contributed by atoms with Gasteiger partial charge in [0.1, 0.15) is 6.61 Å². The molecule has 0 aliphatic rings. The molecule has 4 heteroatoms. The topological polar surface area (TPSA) is 31.2 Å². The van der Waals surface area contributed by atoms with Crippen LogP contribution in [0, 0.1) is 0 Å². The second-order valence-electron chi connectivity index (χ2n) is 4.67. The van der Waals surface area contributed by atoms with Crippen molar-refractivity contribution in [2.24, 2.45) is 0 Å². The van der Waals surface area contributed by atoms with Gasteiger partial charge < -0.3 is 9.30 Å². The fourth-order valence-corrected chi connectivity index (χ4v) is 2.72. The van der Waals surface area contributed by atoms with E-state index < -0.39 is 0 Å². The summed E-state index contributed by atoms with van der Waals surface area (Å²) in [5.41, 5.74) is 2.22. The van der Waals surface area contributed by atoms with Crippen molar-refractivity contribution < 1.29 is 9.53 Å². The van der Waals surface area contributed by atoms with Crippen LogP contribution in [0.4, 0.5) is 0 Å². The van der Waals surface area contributed by atoms with Gasteiger partial charge in [0, 0.05) is 33.8 Å². The Morgan fingerprint density at radius 1 is 1.15 bits per heavy atom. The van der Waals surface area contributed by atoms with Gasteiger partial charge in [-0.05, 0) is 24.3 Å². The van der Waals surface area contributed by atoms with E-state index in [9.17, 15) is 4.79 Å². The highest BCUT2D eigenvalue weighted by atomic mass is 35.5. The molecule has 0 atom stereocenters. The van der Waals surface area contributed by atoms with Crippen LogP contribution in [0.5, 0.6) is 0 Å². The van der Waals surface area contributed by atoms with Crippen molar-refractivity contribution in [3.8, 4) is 0 Å². The minimum atomic E-state index is -0.256. The van der Waals surface area contributed by atoms with E-state index >= 15 is 0 Å². The Bertz CT molecular complexity index is 792. The average molecular weight is 288 g/mol. The molecule has 0 unspecified atom stereocenters. The predicted molar refractivity (Wildman–Crippen MR) is 81.1 cm³/mol. The fourth-order valence-electron chi connectivity index (χ4n) is 2.55. The van der Waals surface area contributed by atoms with Crippen molar-refractivity contribution in [3.63, 3.8) is 0 Å². The fraction of sp³-hybridized carbons (Fsp3) is 0.188. The van der Waals surface area contributed by atoms with Gasteiger partial charge in [-0.15, -0.1) is 0 Å². The number of para-hydroxylation sites is 1. The van der Waals surface area contributed by atoms with Gasteiger partial charge in [-0.3, -0.25) is 4.79 Å². The molecular formula is C16H14ClNO2. The molecule has 0 aliphatic carbocycles. The molecule has 1 aromatic heterocycles. The number of rotatable bonds is 3. The van der Waals surface area contributed by atoms with E-state index in [4.69, 9.17) is 16.3 Å². The molecular weight excluding hydrogens is 274 g/mol. The van der Waals surface area contributed by atoms with Crippen LogP contribution in [-0.4, -0.2) is 17.1 Å². The van der Waals surface area contributed by atoms with Gasteiger partial charge in [-0.25, -0.2) is 0 Å². The summed E-state index contributed by atoms with van der Waals surface area (Å²) in [5, 5.41) is 3.00. The van der Waals surface area contributed by atoms with E-state index in [1.54, 1.807) is 0 Å². The summed E-state index contributed by atoms with van der Waals surface area (Å²) in [6, 6.07) is 14.0. The van der Waals surface area contributed by atoms with Crippen LogP contribution < -0.4 is 0 Å². The van der Waals surface area contributed by atoms with Crippen LogP contribution in [0.1, 0.15) is 6.92 Å². The molecule has 3 rings (SSSR count). The van der Waals surface area contributed by atoms with E-state index in [1.165, 1.54) is 6.92 Å². The summed E-state index contributed by atoms with van der Waals surface area (Å²) in [6.07, 6.45) is 0.